The maximum absolute atomic E-state index is 12.1. The molecular weight excluding hydrogens is 348 g/mol. The number of carbonyl (C=O) groups excluding carboxylic acids is 2. The van der Waals surface area contributed by atoms with Crippen LogP contribution in [0, 0.1) is 0 Å². The molecule has 2 aromatic carbocycles. The van der Waals surface area contributed by atoms with Crippen molar-refractivity contribution in [3.05, 3.63) is 64.3 Å². The quantitative estimate of drug-likeness (QED) is 0.614. The Labute approximate surface area is 134 Å². The van der Waals surface area contributed by atoms with Crippen molar-refractivity contribution in [2.75, 3.05) is 0 Å². The fourth-order valence-corrected chi connectivity index (χ4v) is 2.25. The van der Waals surface area contributed by atoms with Gasteiger partial charge in [0.2, 0.25) is 0 Å². The summed E-state index contributed by atoms with van der Waals surface area (Å²) in [7, 11) is 0. The predicted octanol–water partition coefficient (Wildman–Crippen LogP) is 2.40. The summed E-state index contributed by atoms with van der Waals surface area (Å²) in [6, 6.07) is 14.1. The third kappa shape index (κ3) is 2.84. The Morgan fingerprint density at radius 1 is 0.955 bits per heavy atom. The molecule has 0 saturated carbocycles. The first-order valence-corrected chi connectivity index (χ1v) is 7.24. The van der Waals surface area contributed by atoms with Gasteiger partial charge in [-0.1, -0.05) is 34.1 Å². The maximum atomic E-state index is 12.1. The summed E-state index contributed by atoms with van der Waals surface area (Å²) in [5.74, 6) is -0.886. The van der Waals surface area contributed by atoms with Gasteiger partial charge < -0.3 is 0 Å². The highest BCUT2D eigenvalue weighted by atomic mass is 79.9. The number of hydrogen-bond donors (Lipinski definition) is 3. The van der Waals surface area contributed by atoms with Crippen LogP contribution in [0.5, 0.6) is 0 Å². The largest absolute Gasteiger partial charge is 0.290 e. The van der Waals surface area contributed by atoms with Gasteiger partial charge in [-0.3, -0.25) is 25.5 Å². The third-order valence-corrected chi connectivity index (χ3v) is 3.61. The number of rotatable bonds is 2. The van der Waals surface area contributed by atoms with E-state index in [9.17, 15) is 9.59 Å². The first-order valence-electron chi connectivity index (χ1n) is 6.44. The van der Waals surface area contributed by atoms with Crippen LogP contribution in [-0.4, -0.2) is 22.0 Å². The van der Waals surface area contributed by atoms with Gasteiger partial charge in [0.1, 0.15) is 0 Å². The Kier molecular flexibility index (Phi) is 3.88. The van der Waals surface area contributed by atoms with Gasteiger partial charge in [-0.05, 0) is 30.3 Å². The summed E-state index contributed by atoms with van der Waals surface area (Å²) in [6.07, 6.45) is 0. The van der Waals surface area contributed by atoms with Crippen LogP contribution < -0.4 is 10.9 Å². The molecule has 3 N–H and O–H groups in total. The summed E-state index contributed by atoms with van der Waals surface area (Å²) in [4.78, 5) is 24.0. The van der Waals surface area contributed by atoms with Gasteiger partial charge in [0.25, 0.3) is 11.8 Å². The average molecular weight is 359 g/mol. The van der Waals surface area contributed by atoms with Crippen LogP contribution in [0.1, 0.15) is 20.8 Å². The van der Waals surface area contributed by atoms with Crippen LogP contribution >= 0.6 is 15.9 Å². The number of aromatic nitrogens is 2. The minimum Gasteiger partial charge on any atom is -0.277 e. The second-order valence-corrected chi connectivity index (χ2v) is 5.45. The second kappa shape index (κ2) is 5.98. The smallest absolute Gasteiger partial charge is 0.277 e. The Hall–Kier alpha value is -2.67. The monoisotopic (exact) mass is 358 g/mol. The Balaban J connectivity index is 1.70. The molecule has 0 bridgehead atoms. The van der Waals surface area contributed by atoms with Crippen molar-refractivity contribution in [1.29, 1.82) is 0 Å². The number of hydrazine groups is 1. The SMILES string of the molecule is O=C(NNC(=O)c1n[nH]c2ccccc12)c1ccc(Br)cc1. The third-order valence-electron chi connectivity index (χ3n) is 3.08. The van der Waals surface area contributed by atoms with E-state index in [1.165, 1.54) is 0 Å². The van der Waals surface area contributed by atoms with Crippen molar-refractivity contribution in [3.8, 4) is 0 Å². The molecule has 0 radical (unpaired) electrons. The molecule has 0 aliphatic rings. The molecule has 1 heterocycles. The minimum atomic E-state index is -0.483. The molecular formula is C15H11BrN4O2. The molecule has 0 unspecified atom stereocenters. The van der Waals surface area contributed by atoms with Crippen molar-refractivity contribution < 1.29 is 9.59 Å². The van der Waals surface area contributed by atoms with E-state index in [2.05, 4.69) is 37.0 Å². The zero-order valence-corrected chi connectivity index (χ0v) is 12.8. The van der Waals surface area contributed by atoms with Crippen LogP contribution in [0.4, 0.5) is 0 Å². The summed E-state index contributed by atoms with van der Waals surface area (Å²) >= 11 is 3.29. The van der Waals surface area contributed by atoms with Crippen LogP contribution in [-0.2, 0) is 0 Å². The van der Waals surface area contributed by atoms with E-state index in [-0.39, 0.29) is 5.69 Å². The molecule has 0 fully saturated rings. The van der Waals surface area contributed by atoms with Crippen LogP contribution in [0.3, 0.4) is 0 Å². The number of para-hydroxylation sites is 1. The van der Waals surface area contributed by atoms with Crippen LogP contribution in [0.25, 0.3) is 10.9 Å². The van der Waals surface area contributed by atoms with Crippen molar-refractivity contribution >= 4 is 38.6 Å². The number of benzene rings is 2. The summed E-state index contributed by atoms with van der Waals surface area (Å²) in [6.45, 7) is 0. The molecule has 22 heavy (non-hydrogen) atoms. The van der Waals surface area contributed by atoms with Gasteiger partial charge in [0, 0.05) is 15.4 Å². The molecule has 0 atom stereocenters. The van der Waals surface area contributed by atoms with Crippen LogP contribution in [0.15, 0.2) is 53.0 Å². The normalized spacial score (nSPS) is 10.4. The molecule has 6 nitrogen and oxygen atoms in total. The lowest BCUT2D eigenvalue weighted by Crippen LogP contribution is -2.41. The van der Waals surface area contributed by atoms with E-state index in [0.29, 0.717) is 10.9 Å². The zero-order chi connectivity index (χ0) is 15.5. The van der Waals surface area contributed by atoms with E-state index in [1.54, 1.807) is 30.3 Å². The highest BCUT2D eigenvalue weighted by Gasteiger charge is 2.14. The van der Waals surface area contributed by atoms with Gasteiger partial charge in [0.15, 0.2) is 5.69 Å². The Bertz CT molecular complexity index is 842. The molecule has 0 aliphatic heterocycles. The van der Waals surface area contributed by atoms with Gasteiger partial charge >= 0.3 is 0 Å². The molecule has 0 spiro atoms. The highest BCUT2D eigenvalue weighted by Crippen LogP contribution is 2.14. The van der Waals surface area contributed by atoms with Crippen molar-refractivity contribution in [2.45, 2.75) is 0 Å². The number of amides is 2. The van der Waals surface area contributed by atoms with E-state index < -0.39 is 11.8 Å². The summed E-state index contributed by atoms with van der Waals surface area (Å²) in [5.41, 5.74) is 6.15. The van der Waals surface area contributed by atoms with Crippen molar-refractivity contribution in [2.24, 2.45) is 0 Å². The second-order valence-electron chi connectivity index (χ2n) is 4.53. The highest BCUT2D eigenvalue weighted by molar-refractivity contribution is 9.10. The van der Waals surface area contributed by atoms with E-state index >= 15 is 0 Å². The standard InChI is InChI=1S/C15H11BrN4O2/c16-10-7-5-9(6-8-10)14(21)19-20-15(22)13-11-3-1-2-4-12(11)17-18-13/h1-8H,(H,17,18)(H,19,21)(H,20,22). The van der Waals surface area contributed by atoms with E-state index in [0.717, 1.165) is 9.99 Å². The molecule has 0 aliphatic carbocycles. The molecule has 3 rings (SSSR count). The molecule has 1 aromatic heterocycles. The predicted molar refractivity (Wildman–Crippen MR) is 85.2 cm³/mol. The van der Waals surface area contributed by atoms with Crippen molar-refractivity contribution in [3.63, 3.8) is 0 Å². The fraction of sp³-hybridized carbons (Fsp3) is 0. The van der Waals surface area contributed by atoms with Gasteiger partial charge in [-0.15, -0.1) is 0 Å². The molecule has 2 amide bonds. The van der Waals surface area contributed by atoms with Crippen LogP contribution in [0.2, 0.25) is 0 Å². The summed E-state index contributed by atoms with van der Waals surface area (Å²) in [5, 5.41) is 7.42. The number of fused-ring (bicyclic) bond motifs is 1. The number of H-pyrrole nitrogens is 1. The number of nitrogens with one attached hydrogen (secondary N) is 3. The maximum Gasteiger partial charge on any atom is 0.290 e. The first kappa shape index (κ1) is 14.3. The number of carbonyl (C=O) groups is 2. The van der Waals surface area contributed by atoms with E-state index in [4.69, 9.17) is 0 Å². The average Bonchev–Trinajstić information content (AvgIpc) is 2.97. The number of nitrogens with zero attached hydrogens (tertiary/aromatic N) is 1. The lowest BCUT2D eigenvalue weighted by Gasteiger charge is -2.06. The first-order chi connectivity index (χ1) is 10.6. The minimum absolute atomic E-state index is 0.228. The van der Waals surface area contributed by atoms with Gasteiger partial charge in [-0.2, -0.15) is 5.10 Å². The molecule has 110 valence electrons. The number of halogens is 1. The van der Waals surface area contributed by atoms with Gasteiger partial charge in [-0.25, -0.2) is 0 Å². The number of hydrogen-bond acceptors (Lipinski definition) is 3. The van der Waals surface area contributed by atoms with Crippen molar-refractivity contribution in [1.82, 2.24) is 21.0 Å². The number of aromatic amines is 1. The fourth-order valence-electron chi connectivity index (χ4n) is 1.98. The topological polar surface area (TPSA) is 86.9 Å². The molecule has 7 heteroatoms. The summed E-state index contributed by atoms with van der Waals surface area (Å²) < 4.78 is 0.871. The Morgan fingerprint density at radius 2 is 1.64 bits per heavy atom. The lowest BCUT2D eigenvalue weighted by molar-refractivity contribution is 0.0845. The zero-order valence-electron chi connectivity index (χ0n) is 11.3. The van der Waals surface area contributed by atoms with Gasteiger partial charge in [0.05, 0.1) is 5.52 Å². The Morgan fingerprint density at radius 3 is 2.41 bits per heavy atom. The van der Waals surface area contributed by atoms with E-state index in [1.807, 2.05) is 18.2 Å². The molecule has 3 aromatic rings. The lowest BCUT2D eigenvalue weighted by atomic mass is 10.2. The molecule has 0 saturated heterocycles.